The number of aliphatic imine (C=N–C) groups is 1. The molecular formula is C28H28N2O3. The molecule has 1 aromatic heterocycles. The van der Waals surface area contributed by atoms with E-state index in [1.54, 1.807) is 0 Å². The molecule has 0 atom stereocenters. The number of benzene rings is 3. The first kappa shape index (κ1) is 21.1. The zero-order chi connectivity index (χ0) is 22.3. The van der Waals surface area contributed by atoms with Crippen LogP contribution in [0.25, 0.3) is 22.3 Å². The second-order valence-corrected chi connectivity index (χ2v) is 8.12. The Morgan fingerprint density at radius 1 is 0.758 bits per heavy atom. The molecule has 0 unspecified atom stereocenters. The van der Waals surface area contributed by atoms with Crippen molar-refractivity contribution in [3.8, 4) is 22.8 Å². The number of rotatable bonds is 10. The number of nitrogens with one attached hydrogen (secondary N) is 1. The zero-order valence-electron chi connectivity index (χ0n) is 18.6. The van der Waals surface area contributed by atoms with Gasteiger partial charge in [-0.1, -0.05) is 42.5 Å². The molecule has 0 aliphatic carbocycles. The van der Waals surface area contributed by atoms with Crippen molar-refractivity contribution in [1.29, 1.82) is 0 Å². The highest BCUT2D eigenvalue weighted by Crippen LogP contribution is 2.30. The van der Waals surface area contributed by atoms with E-state index in [4.69, 9.17) is 13.9 Å². The van der Waals surface area contributed by atoms with E-state index in [1.165, 1.54) is 0 Å². The summed E-state index contributed by atoms with van der Waals surface area (Å²) in [5, 5.41) is 4.39. The summed E-state index contributed by atoms with van der Waals surface area (Å²) in [5.41, 5.74) is 2.94. The van der Waals surface area contributed by atoms with Crippen LogP contribution < -0.4 is 14.8 Å². The van der Waals surface area contributed by atoms with Crippen LogP contribution in [-0.2, 0) is 0 Å². The second kappa shape index (κ2) is 10.3. The van der Waals surface area contributed by atoms with Gasteiger partial charge in [0.1, 0.15) is 28.7 Å². The van der Waals surface area contributed by atoms with Crippen molar-refractivity contribution in [3.05, 3.63) is 84.4 Å². The first-order valence-corrected chi connectivity index (χ1v) is 11.6. The lowest BCUT2D eigenvalue weighted by atomic mass is 10.1. The van der Waals surface area contributed by atoms with Crippen LogP contribution in [0.1, 0.15) is 24.8 Å². The van der Waals surface area contributed by atoms with Crippen LogP contribution in [0.15, 0.2) is 88.3 Å². The first-order valence-electron chi connectivity index (χ1n) is 11.6. The Labute approximate surface area is 194 Å². The topological polar surface area (TPSA) is 56.0 Å². The number of hydrogen-bond donors (Lipinski definition) is 1. The Bertz CT molecular complexity index is 1230. The Morgan fingerprint density at radius 3 is 2.39 bits per heavy atom. The van der Waals surface area contributed by atoms with Crippen molar-refractivity contribution >= 4 is 16.8 Å². The average Bonchev–Trinajstić information content (AvgIpc) is 3.54. The molecule has 1 N–H and O–H groups in total. The molecule has 0 bridgehead atoms. The van der Waals surface area contributed by atoms with Gasteiger partial charge in [0.2, 0.25) is 0 Å². The summed E-state index contributed by atoms with van der Waals surface area (Å²) in [5.74, 6) is 3.57. The van der Waals surface area contributed by atoms with Crippen molar-refractivity contribution in [1.82, 2.24) is 5.32 Å². The molecule has 0 spiro atoms. The van der Waals surface area contributed by atoms with E-state index >= 15 is 0 Å². The van der Waals surface area contributed by atoms with Crippen LogP contribution in [0, 0.1) is 0 Å². The van der Waals surface area contributed by atoms with Crippen LogP contribution in [0.2, 0.25) is 0 Å². The van der Waals surface area contributed by atoms with Crippen LogP contribution in [0.5, 0.6) is 11.5 Å². The Hall–Kier alpha value is -3.73. The fraction of sp³-hybridized carbons (Fsp3) is 0.250. The van der Waals surface area contributed by atoms with Crippen LogP contribution in [0.3, 0.4) is 0 Å². The average molecular weight is 441 g/mol. The van der Waals surface area contributed by atoms with Gasteiger partial charge in [0, 0.05) is 23.1 Å². The van der Waals surface area contributed by atoms with E-state index in [9.17, 15) is 0 Å². The standard InChI is InChI=1S/C28H28N2O3/c1-3-9-24(10-4-1)31-16-5-2-6-17-32-25-11-7-8-21(18-25)26-19-22-12-13-23(20-27(22)33-26)28-29-14-15-30-28/h1,3-4,7-13,18-20H,2,5-6,14-17H2,(H,29,30). The minimum absolute atomic E-state index is 0.688. The monoisotopic (exact) mass is 440 g/mol. The highest BCUT2D eigenvalue weighted by atomic mass is 16.5. The fourth-order valence-corrected chi connectivity index (χ4v) is 3.93. The molecule has 0 fully saturated rings. The molecule has 0 saturated carbocycles. The predicted molar refractivity (Wildman–Crippen MR) is 132 cm³/mol. The summed E-state index contributed by atoms with van der Waals surface area (Å²) in [6.07, 6.45) is 3.08. The molecule has 1 aliphatic rings. The van der Waals surface area contributed by atoms with E-state index in [0.29, 0.717) is 6.61 Å². The van der Waals surface area contributed by atoms with Gasteiger partial charge in [-0.25, -0.2) is 0 Å². The van der Waals surface area contributed by atoms with Crippen LogP contribution in [-0.4, -0.2) is 32.1 Å². The van der Waals surface area contributed by atoms with Crippen molar-refractivity contribution in [2.45, 2.75) is 19.3 Å². The van der Waals surface area contributed by atoms with E-state index in [-0.39, 0.29) is 0 Å². The summed E-state index contributed by atoms with van der Waals surface area (Å²) >= 11 is 0. The van der Waals surface area contributed by atoms with E-state index in [1.807, 2.05) is 48.5 Å². The van der Waals surface area contributed by atoms with Gasteiger partial charge >= 0.3 is 0 Å². The van der Waals surface area contributed by atoms with Gasteiger partial charge in [-0.05, 0) is 55.7 Å². The summed E-state index contributed by atoms with van der Waals surface area (Å²) in [6.45, 7) is 3.14. The largest absolute Gasteiger partial charge is 0.494 e. The quantitative estimate of drug-likeness (QED) is 0.304. The van der Waals surface area contributed by atoms with E-state index in [0.717, 1.165) is 84.1 Å². The Kier molecular flexibility index (Phi) is 6.57. The lowest BCUT2D eigenvalue weighted by molar-refractivity contribution is 0.279. The number of para-hydroxylation sites is 1. The normalized spacial score (nSPS) is 13.0. The maximum atomic E-state index is 6.16. The molecule has 0 saturated heterocycles. The molecule has 5 rings (SSSR count). The van der Waals surface area contributed by atoms with Crippen molar-refractivity contribution < 1.29 is 13.9 Å². The lowest BCUT2D eigenvalue weighted by Crippen LogP contribution is -2.19. The predicted octanol–water partition coefficient (Wildman–Crippen LogP) is 6.08. The molecule has 0 radical (unpaired) electrons. The SMILES string of the molecule is c1ccc(OCCCCCOc2cccc(-c3cc4ccc(C5=NCCN5)cc4o3)c2)cc1. The summed E-state index contributed by atoms with van der Waals surface area (Å²) in [4.78, 5) is 4.50. The summed E-state index contributed by atoms with van der Waals surface area (Å²) < 4.78 is 17.9. The minimum Gasteiger partial charge on any atom is -0.494 e. The first-order chi connectivity index (χ1) is 16.3. The molecule has 168 valence electrons. The maximum Gasteiger partial charge on any atom is 0.135 e. The number of amidine groups is 1. The molecule has 5 heteroatoms. The number of hydrogen-bond acceptors (Lipinski definition) is 5. The summed E-state index contributed by atoms with van der Waals surface area (Å²) in [6, 6.07) is 26.3. The molecule has 33 heavy (non-hydrogen) atoms. The number of furan rings is 1. The number of ether oxygens (including phenoxy) is 2. The van der Waals surface area contributed by atoms with Gasteiger partial charge in [0.25, 0.3) is 0 Å². The van der Waals surface area contributed by atoms with Crippen LogP contribution in [0.4, 0.5) is 0 Å². The van der Waals surface area contributed by atoms with Gasteiger partial charge in [-0.2, -0.15) is 0 Å². The van der Waals surface area contributed by atoms with Crippen LogP contribution >= 0.6 is 0 Å². The van der Waals surface area contributed by atoms with Crippen molar-refractivity contribution in [3.63, 3.8) is 0 Å². The highest BCUT2D eigenvalue weighted by Gasteiger charge is 2.12. The molecule has 1 aliphatic heterocycles. The third kappa shape index (κ3) is 5.37. The van der Waals surface area contributed by atoms with Gasteiger partial charge in [0.15, 0.2) is 0 Å². The summed E-state index contributed by atoms with van der Waals surface area (Å²) in [7, 11) is 0. The Balaban J connectivity index is 1.13. The highest BCUT2D eigenvalue weighted by molar-refractivity contribution is 6.02. The van der Waals surface area contributed by atoms with E-state index in [2.05, 4.69) is 40.6 Å². The van der Waals surface area contributed by atoms with E-state index < -0.39 is 0 Å². The minimum atomic E-state index is 0.688. The molecule has 3 aromatic carbocycles. The zero-order valence-corrected chi connectivity index (χ0v) is 18.6. The molecule has 2 heterocycles. The maximum absolute atomic E-state index is 6.16. The molecular weight excluding hydrogens is 412 g/mol. The molecule has 0 amide bonds. The number of fused-ring (bicyclic) bond motifs is 1. The smallest absolute Gasteiger partial charge is 0.135 e. The number of unbranched alkanes of at least 4 members (excludes halogenated alkanes) is 2. The van der Waals surface area contributed by atoms with Gasteiger partial charge in [-0.3, -0.25) is 4.99 Å². The third-order valence-corrected chi connectivity index (χ3v) is 5.66. The lowest BCUT2D eigenvalue weighted by Gasteiger charge is -2.08. The van der Waals surface area contributed by atoms with Crippen molar-refractivity contribution in [2.75, 3.05) is 26.3 Å². The van der Waals surface area contributed by atoms with Gasteiger partial charge in [0.05, 0.1) is 19.8 Å². The Morgan fingerprint density at radius 2 is 1.58 bits per heavy atom. The second-order valence-electron chi connectivity index (χ2n) is 8.12. The fourth-order valence-electron chi connectivity index (χ4n) is 3.93. The van der Waals surface area contributed by atoms with Gasteiger partial charge in [-0.15, -0.1) is 0 Å². The van der Waals surface area contributed by atoms with Crippen molar-refractivity contribution in [2.24, 2.45) is 4.99 Å². The number of nitrogens with zero attached hydrogens (tertiary/aromatic N) is 1. The molecule has 5 nitrogen and oxygen atoms in total. The van der Waals surface area contributed by atoms with Gasteiger partial charge < -0.3 is 19.2 Å². The third-order valence-electron chi connectivity index (χ3n) is 5.66. The molecule has 4 aromatic rings.